The van der Waals surface area contributed by atoms with Gasteiger partial charge in [0.2, 0.25) is 5.82 Å². The largest absolute Gasteiger partial charge is 0.365 e. The maximum absolute atomic E-state index is 13.2. The second-order valence-electron chi connectivity index (χ2n) is 8.80. The van der Waals surface area contributed by atoms with Crippen molar-refractivity contribution in [1.29, 1.82) is 0 Å². The van der Waals surface area contributed by atoms with Crippen molar-refractivity contribution in [3.63, 3.8) is 0 Å². The molecule has 3 heterocycles. The molecule has 5 rings (SSSR count). The summed E-state index contributed by atoms with van der Waals surface area (Å²) >= 11 is 0. The molecule has 31 heavy (non-hydrogen) atoms. The molecule has 2 aromatic heterocycles. The number of hydrogen-bond acceptors (Lipinski definition) is 5. The van der Waals surface area contributed by atoms with Gasteiger partial charge < -0.3 is 9.26 Å². The molecule has 0 unspecified atom stereocenters. The molecule has 4 aromatic rings. The van der Waals surface area contributed by atoms with Gasteiger partial charge in [0.15, 0.2) is 5.69 Å². The molecule has 0 aliphatic carbocycles. The van der Waals surface area contributed by atoms with Crippen molar-refractivity contribution in [2.75, 3.05) is 0 Å². The van der Waals surface area contributed by atoms with E-state index in [1.807, 2.05) is 22.9 Å². The zero-order chi connectivity index (χ0) is 21.6. The summed E-state index contributed by atoms with van der Waals surface area (Å²) in [5.41, 5.74) is 4.70. The Hall–Kier alpha value is -3.32. The van der Waals surface area contributed by atoms with Gasteiger partial charge in [-0.05, 0) is 34.7 Å². The van der Waals surface area contributed by atoms with E-state index in [1.165, 1.54) is 17.7 Å². The zero-order valence-corrected chi connectivity index (χ0v) is 17.7. The Kier molecular flexibility index (Phi) is 4.70. The summed E-state index contributed by atoms with van der Waals surface area (Å²) in [6.07, 6.45) is -0.180. The van der Waals surface area contributed by atoms with Gasteiger partial charge >= 0.3 is 0 Å². The Morgan fingerprint density at radius 2 is 1.77 bits per heavy atom. The van der Waals surface area contributed by atoms with Crippen LogP contribution in [-0.4, -0.2) is 19.9 Å². The average molecular weight is 418 g/mol. The summed E-state index contributed by atoms with van der Waals surface area (Å²) in [5, 5.41) is 8.76. The lowest BCUT2D eigenvalue weighted by Gasteiger charge is -2.24. The van der Waals surface area contributed by atoms with E-state index in [0.717, 1.165) is 16.8 Å². The van der Waals surface area contributed by atoms with Gasteiger partial charge in [-0.2, -0.15) is 10.1 Å². The van der Waals surface area contributed by atoms with Crippen LogP contribution in [0.2, 0.25) is 0 Å². The zero-order valence-electron chi connectivity index (χ0n) is 17.7. The lowest BCUT2D eigenvalue weighted by Crippen LogP contribution is -2.21. The first-order valence-electron chi connectivity index (χ1n) is 10.3. The highest BCUT2D eigenvalue weighted by Gasteiger charge is 2.24. The van der Waals surface area contributed by atoms with Crippen molar-refractivity contribution >= 4 is 0 Å². The predicted octanol–water partition coefficient (Wildman–Crippen LogP) is 5.31. The number of nitrogens with zero attached hydrogens (tertiary/aromatic N) is 4. The van der Waals surface area contributed by atoms with E-state index in [1.54, 1.807) is 12.1 Å². The lowest BCUT2D eigenvalue weighted by molar-refractivity contribution is -0.00116. The molecule has 0 fully saturated rings. The Bertz CT molecular complexity index is 1200. The van der Waals surface area contributed by atoms with Gasteiger partial charge in [0, 0.05) is 5.56 Å². The minimum absolute atomic E-state index is 0.0876. The van der Waals surface area contributed by atoms with Gasteiger partial charge in [0.25, 0.3) is 5.89 Å². The fourth-order valence-corrected chi connectivity index (χ4v) is 3.67. The topological polar surface area (TPSA) is 66.0 Å². The van der Waals surface area contributed by atoms with E-state index in [0.29, 0.717) is 30.6 Å². The van der Waals surface area contributed by atoms with Crippen LogP contribution >= 0.6 is 0 Å². The Morgan fingerprint density at radius 3 is 2.48 bits per heavy atom. The standard InChI is InChI=1S/C24H23FN4O2/c1-24(2,3)17-8-4-16(5-9-17)22-26-23(31-28-22)20-12-19-14-30-21(13-29(19)27-20)15-6-10-18(25)11-7-15/h4-12,21H,13-14H2,1-3H3/t21-/m0/s1. The number of hydrogen-bond donors (Lipinski definition) is 0. The lowest BCUT2D eigenvalue weighted by atomic mass is 9.87. The fourth-order valence-electron chi connectivity index (χ4n) is 3.67. The van der Waals surface area contributed by atoms with Crippen molar-refractivity contribution in [3.05, 3.63) is 77.2 Å². The summed E-state index contributed by atoms with van der Waals surface area (Å²) in [6, 6.07) is 16.5. The molecule has 0 saturated heterocycles. The van der Waals surface area contributed by atoms with E-state index >= 15 is 0 Å². The van der Waals surface area contributed by atoms with Crippen LogP contribution in [0.25, 0.3) is 23.0 Å². The minimum Gasteiger partial charge on any atom is -0.365 e. The Labute approximate surface area is 179 Å². The third-order valence-corrected chi connectivity index (χ3v) is 5.53. The van der Waals surface area contributed by atoms with Gasteiger partial charge in [0.05, 0.1) is 18.8 Å². The molecule has 1 atom stereocenters. The molecule has 158 valence electrons. The van der Waals surface area contributed by atoms with E-state index in [4.69, 9.17) is 9.26 Å². The monoisotopic (exact) mass is 418 g/mol. The quantitative estimate of drug-likeness (QED) is 0.451. The normalized spacial score (nSPS) is 16.3. The first kappa shape index (κ1) is 19.6. The SMILES string of the molecule is CC(C)(C)c1ccc(-c2noc(-c3cc4n(n3)C[C@@H](c3ccc(F)cc3)OC4)n2)cc1. The van der Waals surface area contributed by atoms with Crippen molar-refractivity contribution in [2.24, 2.45) is 0 Å². The predicted molar refractivity (Wildman–Crippen MR) is 114 cm³/mol. The van der Waals surface area contributed by atoms with Crippen LogP contribution in [0.1, 0.15) is 43.7 Å². The molecule has 0 radical (unpaired) electrons. The number of benzene rings is 2. The van der Waals surface area contributed by atoms with E-state index < -0.39 is 0 Å². The van der Waals surface area contributed by atoms with Crippen LogP contribution < -0.4 is 0 Å². The van der Waals surface area contributed by atoms with Gasteiger partial charge in [-0.3, -0.25) is 4.68 Å². The van der Waals surface area contributed by atoms with Gasteiger partial charge in [0.1, 0.15) is 11.9 Å². The molecular weight excluding hydrogens is 395 g/mol. The van der Waals surface area contributed by atoms with Crippen molar-refractivity contribution in [2.45, 2.75) is 45.4 Å². The first-order valence-corrected chi connectivity index (χ1v) is 10.3. The highest BCUT2D eigenvalue weighted by atomic mass is 19.1. The maximum Gasteiger partial charge on any atom is 0.278 e. The summed E-state index contributed by atoms with van der Waals surface area (Å²) in [4.78, 5) is 4.54. The molecule has 7 heteroatoms. The highest BCUT2D eigenvalue weighted by Crippen LogP contribution is 2.30. The molecule has 1 aliphatic rings. The van der Waals surface area contributed by atoms with Crippen molar-refractivity contribution in [3.8, 4) is 23.0 Å². The molecule has 0 spiro atoms. The molecule has 0 N–H and O–H groups in total. The van der Waals surface area contributed by atoms with E-state index in [9.17, 15) is 4.39 Å². The van der Waals surface area contributed by atoms with Crippen LogP contribution in [0.15, 0.2) is 59.1 Å². The highest BCUT2D eigenvalue weighted by molar-refractivity contribution is 5.58. The second-order valence-corrected chi connectivity index (χ2v) is 8.80. The number of fused-ring (bicyclic) bond motifs is 1. The summed E-state index contributed by atoms with van der Waals surface area (Å²) in [7, 11) is 0. The number of aromatic nitrogens is 4. The third-order valence-electron chi connectivity index (χ3n) is 5.53. The summed E-state index contributed by atoms with van der Waals surface area (Å²) in [6.45, 7) is 7.48. The van der Waals surface area contributed by atoms with Crippen LogP contribution in [-0.2, 0) is 23.3 Å². The third kappa shape index (κ3) is 3.88. The van der Waals surface area contributed by atoms with Crippen molar-refractivity contribution < 1.29 is 13.7 Å². The average Bonchev–Trinajstić information content (AvgIpc) is 3.40. The van der Waals surface area contributed by atoms with Crippen molar-refractivity contribution in [1.82, 2.24) is 19.9 Å². The van der Waals surface area contributed by atoms with E-state index in [-0.39, 0.29) is 17.3 Å². The molecular formula is C24H23FN4O2. The summed E-state index contributed by atoms with van der Waals surface area (Å²) < 4.78 is 26.5. The molecule has 0 bridgehead atoms. The summed E-state index contributed by atoms with van der Waals surface area (Å²) in [5.74, 6) is 0.638. The fraction of sp³-hybridized carbons (Fsp3) is 0.292. The second kappa shape index (κ2) is 7.42. The Balaban J connectivity index is 1.36. The minimum atomic E-state index is -0.262. The molecule has 2 aromatic carbocycles. The molecule has 6 nitrogen and oxygen atoms in total. The number of halogens is 1. The maximum atomic E-state index is 13.2. The van der Waals surface area contributed by atoms with E-state index in [2.05, 4.69) is 48.1 Å². The smallest absolute Gasteiger partial charge is 0.278 e. The van der Waals surface area contributed by atoms with Gasteiger partial charge in [-0.25, -0.2) is 4.39 Å². The first-order chi connectivity index (χ1) is 14.9. The van der Waals surface area contributed by atoms with Crippen LogP contribution in [0.3, 0.4) is 0 Å². The van der Waals surface area contributed by atoms with Crippen LogP contribution in [0.4, 0.5) is 4.39 Å². The molecule has 1 aliphatic heterocycles. The van der Waals surface area contributed by atoms with Gasteiger partial charge in [-0.1, -0.05) is 62.3 Å². The number of ether oxygens (including phenoxy) is 1. The number of rotatable bonds is 3. The Morgan fingerprint density at radius 1 is 1.03 bits per heavy atom. The molecule has 0 saturated carbocycles. The van der Waals surface area contributed by atoms with Crippen LogP contribution in [0, 0.1) is 5.82 Å². The van der Waals surface area contributed by atoms with Crippen LogP contribution in [0.5, 0.6) is 0 Å². The van der Waals surface area contributed by atoms with Gasteiger partial charge in [-0.15, -0.1) is 0 Å². The molecule has 0 amide bonds.